The highest BCUT2D eigenvalue weighted by atomic mass is 16.5. The molecule has 3 atom stereocenters. The van der Waals surface area contributed by atoms with Crippen molar-refractivity contribution >= 4 is 5.91 Å². The number of carbonyl (C=O) groups is 1. The first kappa shape index (κ1) is 18.1. The number of fused-ring (bicyclic) bond motifs is 1. The van der Waals surface area contributed by atoms with Crippen LogP contribution in [0.5, 0.6) is 5.75 Å². The van der Waals surface area contributed by atoms with Crippen molar-refractivity contribution in [1.82, 2.24) is 4.90 Å². The molecule has 2 aromatic carbocycles. The lowest BCUT2D eigenvalue weighted by Crippen LogP contribution is -2.58. The Labute approximate surface area is 160 Å². The molecule has 1 heterocycles. The van der Waals surface area contributed by atoms with Crippen molar-refractivity contribution in [2.24, 2.45) is 5.92 Å². The first-order valence-electron chi connectivity index (χ1n) is 9.86. The van der Waals surface area contributed by atoms with Gasteiger partial charge in [0, 0.05) is 24.1 Å². The normalized spacial score (nSPS) is 27.7. The molecule has 2 fully saturated rings. The highest BCUT2D eigenvalue weighted by molar-refractivity contribution is 5.94. The van der Waals surface area contributed by atoms with Gasteiger partial charge < -0.3 is 14.7 Å². The minimum atomic E-state index is -0.884. The van der Waals surface area contributed by atoms with Crippen LogP contribution in [0.4, 0.5) is 0 Å². The fraction of sp³-hybridized carbons (Fsp3) is 0.435. The van der Waals surface area contributed by atoms with E-state index in [4.69, 9.17) is 4.74 Å². The van der Waals surface area contributed by atoms with Crippen molar-refractivity contribution in [1.29, 1.82) is 0 Å². The van der Waals surface area contributed by atoms with Crippen LogP contribution in [-0.4, -0.2) is 35.6 Å². The predicted octanol–water partition coefficient (Wildman–Crippen LogP) is 3.99. The lowest BCUT2D eigenvalue weighted by Gasteiger charge is -2.52. The van der Waals surface area contributed by atoms with Crippen molar-refractivity contribution in [3.05, 3.63) is 65.7 Å². The molecule has 0 bridgehead atoms. The molecule has 1 amide bonds. The van der Waals surface area contributed by atoms with E-state index in [1.165, 1.54) is 0 Å². The molecule has 1 N–H and O–H groups in total. The topological polar surface area (TPSA) is 49.8 Å². The third-order valence-corrected chi connectivity index (χ3v) is 6.35. The lowest BCUT2D eigenvalue weighted by molar-refractivity contribution is -0.110. The first-order chi connectivity index (χ1) is 13.1. The summed E-state index contributed by atoms with van der Waals surface area (Å²) in [4.78, 5) is 15.1. The summed E-state index contributed by atoms with van der Waals surface area (Å²) in [5, 5.41) is 11.7. The Morgan fingerprint density at radius 3 is 2.48 bits per heavy atom. The molecule has 0 radical (unpaired) electrons. The molecule has 27 heavy (non-hydrogen) atoms. The summed E-state index contributed by atoms with van der Waals surface area (Å²) in [5.74, 6) is 0.949. The number of likely N-dealkylation sites (tertiary alicyclic amines) is 1. The van der Waals surface area contributed by atoms with Crippen molar-refractivity contribution in [2.75, 3.05) is 13.7 Å². The number of benzene rings is 2. The third kappa shape index (κ3) is 3.23. The second kappa shape index (κ2) is 7.35. The van der Waals surface area contributed by atoms with Crippen LogP contribution >= 0.6 is 0 Å². The van der Waals surface area contributed by atoms with Gasteiger partial charge in [-0.2, -0.15) is 0 Å². The van der Waals surface area contributed by atoms with Crippen LogP contribution in [-0.2, 0) is 5.60 Å². The van der Waals surface area contributed by atoms with Gasteiger partial charge in [-0.15, -0.1) is 0 Å². The smallest absolute Gasteiger partial charge is 0.254 e. The van der Waals surface area contributed by atoms with Gasteiger partial charge in [-0.25, -0.2) is 0 Å². The average Bonchev–Trinajstić information content (AvgIpc) is 2.74. The largest absolute Gasteiger partial charge is 0.497 e. The predicted molar refractivity (Wildman–Crippen MR) is 105 cm³/mol. The molecule has 0 spiro atoms. The van der Waals surface area contributed by atoms with Crippen molar-refractivity contribution < 1.29 is 14.6 Å². The minimum Gasteiger partial charge on any atom is -0.497 e. The molecule has 2 aromatic rings. The molecule has 142 valence electrons. The van der Waals surface area contributed by atoms with Crippen LogP contribution in [0.3, 0.4) is 0 Å². The van der Waals surface area contributed by atoms with E-state index >= 15 is 0 Å². The summed E-state index contributed by atoms with van der Waals surface area (Å²) in [5.41, 5.74) is 0.786. The number of piperidine rings is 1. The number of rotatable bonds is 3. The van der Waals surface area contributed by atoms with E-state index in [0.717, 1.165) is 42.6 Å². The highest BCUT2D eigenvalue weighted by Crippen LogP contribution is 2.47. The Hall–Kier alpha value is -2.33. The number of aliphatic hydroxyl groups is 1. The van der Waals surface area contributed by atoms with Crippen LogP contribution in [0.25, 0.3) is 0 Å². The lowest BCUT2D eigenvalue weighted by atomic mass is 9.66. The van der Waals surface area contributed by atoms with Gasteiger partial charge in [0.1, 0.15) is 5.75 Å². The first-order valence-corrected chi connectivity index (χ1v) is 9.86. The van der Waals surface area contributed by atoms with Gasteiger partial charge in [-0.05, 0) is 49.1 Å². The molecule has 1 aliphatic carbocycles. The monoisotopic (exact) mass is 365 g/mol. The molecular formula is C23H27NO3. The summed E-state index contributed by atoms with van der Waals surface area (Å²) in [6.45, 7) is 0.581. The molecule has 1 unspecified atom stereocenters. The quantitative estimate of drug-likeness (QED) is 0.895. The van der Waals surface area contributed by atoms with E-state index in [2.05, 4.69) is 0 Å². The zero-order valence-corrected chi connectivity index (χ0v) is 15.8. The standard InChI is InChI=1S/C23H27NO3/c1-27-19-13-11-18(12-14-19)23(26)15-16-24(21-10-6-5-9-20(21)23)22(25)17-7-3-2-4-8-17/h2-4,7-8,11-14,20-21,26H,5-6,9-10,15-16H2,1H3/t20-,21-,23?/m0/s1. The maximum Gasteiger partial charge on any atom is 0.254 e. The summed E-state index contributed by atoms with van der Waals surface area (Å²) in [6, 6.07) is 17.4. The Bertz CT molecular complexity index is 789. The summed E-state index contributed by atoms with van der Waals surface area (Å²) < 4.78 is 5.26. The van der Waals surface area contributed by atoms with Crippen LogP contribution in [0.2, 0.25) is 0 Å². The summed E-state index contributed by atoms with van der Waals surface area (Å²) >= 11 is 0. The number of carbonyl (C=O) groups excluding carboxylic acids is 1. The molecular weight excluding hydrogens is 338 g/mol. The number of hydrogen-bond acceptors (Lipinski definition) is 3. The van der Waals surface area contributed by atoms with E-state index < -0.39 is 5.60 Å². The Morgan fingerprint density at radius 2 is 1.78 bits per heavy atom. The van der Waals surface area contributed by atoms with Gasteiger partial charge in [0.25, 0.3) is 5.91 Å². The molecule has 1 saturated heterocycles. The van der Waals surface area contributed by atoms with Crippen LogP contribution in [0.1, 0.15) is 48.0 Å². The number of hydrogen-bond donors (Lipinski definition) is 1. The van der Waals surface area contributed by atoms with Gasteiger partial charge in [0.05, 0.1) is 12.7 Å². The van der Waals surface area contributed by atoms with Crippen molar-refractivity contribution in [3.63, 3.8) is 0 Å². The summed E-state index contributed by atoms with van der Waals surface area (Å²) in [7, 11) is 1.65. The molecule has 4 heteroatoms. The molecule has 4 nitrogen and oxygen atoms in total. The zero-order chi connectivity index (χ0) is 18.9. The van der Waals surface area contributed by atoms with Gasteiger partial charge in [0.15, 0.2) is 0 Å². The Morgan fingerprint density at radius 1 is 1.07 bits per heavy atom. The van der Waals surface area contributed by atoms with Gasteiger partial charge in [-0.3, -0.25) is 4.79 Å². The second-order valence-electron chi connectivity index (χ2n) is 7.73. The fourth-order valence-electron chi connectivity index (χ4n) is 4.92. The maximum atomic E-state index is 13.1. The van der Waals surface area contributed by atoms with Crippen LogP contribution in [0, 0.1) is 5.92 Å². The van der Waals surface area contributed by atoms with Crippen molar-refractivity contribution in [2.45, 2.75) is 43.7 Å². The average molecular weight is 365 g/mol. The number of ether oxygens (including phenoxy) is 1. The number of methoxy groups -OCH3 is 1. The minimum absolute atomic E-state index is 0.0704. The van der Waals surface area contributed by atoms with Gasteiger partial charge in [-0.1, -0.05) is 43.2 Å². The molecule has 4 rings (SSSR count). The summed E-state index contributed by atoms with van der Waals surface area (Å²) in [6.07, 6.45) is 4.69. The molecule has 0 aromatic heterocycles. The SMILES string of the molecule is COc1ccc(C2(O)CCN(C(=O)c3ccccc3)[C@H]3CCCC[C@@H]32)cc1. The zero-order valence-electron chi connectivity index (χ0n) is 15.8. The van der Waals surface area contributed by atoms with Crippen LogP contribution in [0.15, 0.2) is 54.6 Å². The van der Waals surface area contributed by atoms with E-state index in [-0.39, 0.29) is 17.9 Å². The third-order valence-electron chi connectivity index (χ3n) is 6.35. The fourth-order valence-corrected chi connectivity index (χ4v) is 4.92. The Balaban J connectivity index is 1.64. The van der Waals surface area contributed by atoms with E-state index in [0.29, 0.717) is 13.0 Å². The van der Waals surface area contributed by atoms with Gasteiger partial charge in [0.2, 0.25) is 0 Å². The van der Waals surface area contributed by atoms with Gasteiger partial charge >= 0.3 is 0 Å². The molecule has 2 aliphatic rings. The van der Waals surface area contributed by atoms with E-state index in [1.54, 1.807) is 7.11 Å². The highest BCUT2D eigenvalue weighted by Gasteiger charge is 2.50. The van der Waals surface area contributed by atoms with E-state index in [9.17, 15) is 9.90 Å². The van der Waals surface area contributed by atoms with Crippen molar-refractivity contribution in [3.8, 4) is 5.75 Å². The Kier molecular flexibility index (Phi) is 4.92. The second-order valence-corrected chi connectivity index (χ2v) is 7.73. The van der Waals surface area contributed by atoms with Crippen LogP contribution < -0.4 is 4.74 Å². The maximum absolute atomic E-state index is 13.1. The number of nitrogens with zero attached hydrogens (tertiary/aromatic N) is 1. The van der Waals surface area contributed by atoms with E-state index in [1.807, 2.05) is 59.5 Å². The molecule has 1 aliphatic heterocycles. The molecule has 1 saturated carbocycles. The number of amides is 1.